The van der Waals surface area contributed by atoms with Gasteiger partial charge >= 0.3 is 5.97 Å². The summed E-state index contributed by atoms with van der Waals surface area (Å²) in [6.45, 7) is 0.282. The van der Waals surface area contributed by atoms with Gasteiger partial charge in [-0.1, -0.05) is 42.5 Å². The van der Waals surface area contributed by atoms with Crippen molar-refractivity contribution in [3.05, 3.63) is 54.6 Å². The molecule has 3 rings (SSSR count). The lowest BCUT2D eigenvalue weighted by Crippen LogP contribution is -2.40. The minimum absolute atomic E-state index is 0.196. The molecule has 0 aromatic heterocycles. The molecule has 0 aliphatic carbocycles. The molecular formula is C20H21NO4S. The van der Waals surface area contributed by atoms with Gasteiger partial charge in [0.1, 0.15) is 17.9 Å². The van der Waals surface area contributed by atoms with Crippen molar-refractivity contribution in [3.63, 3.8) is 0 Å². The summed E-state index contributed by atoms with van der Waals surface area (Å²) in [6.07, 6.45) is 0.182. The standard InChI is InChI=1S/C20H21NO4S/c22-19(10-11-26)21-13-17(12-18(21)20(23)24)25-16-8-6-15(7-9-16)14-4-2-1-3-5-14/h1-9,17-18,26H,10-13H2,(H,23,24)/t17-,18-/m0/s1. The van der Waals surface area contributed by atoms with Gasteiger partial charge in [-0.25, -0.2) is 4.79 Å². The van der Waals surface area contributed by atoms with Crippen molar-refractivity contribution in [2.45, 2.75) is 25.0 Å². The second kappa shape index (κ2) is 8.27. The van der Waals surface area contributed by atoms with Gasteiger partial charge in [0.15, 0.2) is 0 Å². The SMILES string of the molecule is O=C(O)[C@@H]1C[C@H](Oc2ccc(-c3ccccc3)cc2)CN1C(=O)CCS. The topological polar surface area (TPSA) is 66.8 Å². The van der Waals surface area contributed by atoms with Crippen LogP contribution < -0.4 is 4.74 Å². The number of carbonyl (C=O) groups is 2. The van der Waals surface area contributed by atoms with Crippen LogP contribution in [-0.2, 0) is 9.59 Å². The summed E-state index contributed by atoms with van der Waals surface area (Å²) in [4.78, 5) is 25.0. The molecule has 1 aliphatic heterocycles. The number of rotatable bonds is 6. The minimum atomic E-state index is -0.997. The Morgan fingerprint density at radius 2 is 1.73 bits per heavy atom. The Bertz CT molecular complexity index is 763. The van der Waals surface area contributed by atoms with E-state index in [-0.39, 0.29) is 31.4 Å². The lowest BCUT2D eigenvalue weighted by Gasteiger charge is -2.20. The van der Waals surface area contributed by atoms with Crippen molar-refractivity contribution in [1.29, 1.82) is 0 Å². The van der Waals surface area contributed by atoms with E-state index < -0.39 is 12.0 Å². The van der Waals surface area contributed by atoms with E-state index in [2.05, 4.69) is 12.6 Å². The van der Waals surface area contributed by atoms with Crippen LogP contribution in [0.15, 0.2) is 54.6 Å². The first-order valence-corrected chi connectivity index (χ1v) is 9.17. The summed E-state index contributed by atoms with van der Waals surface area (Å²) in [5.41, 5.74) is 2.20. The van der Waals surface area contributed by atoms with E-state index in [4.69, 9.17) is 4.74 Å². The number of carboxylic acids is 1. The zero-order valence-corrected chi connectivity index (χ0v) is 15.1. The molecular weight excluding hydrogens is 350 g/mol. The highest BCUT2D eigenvalue weighted by Crippen LogP contribution is 2.26. The number of amides is 1. The van der Waals surface area contributed by atoms with Gasteiger partial charge in [0, 0.05) is 12.8 Å². The second-order valence-electron chi connectivity index (χ2n) is 6.24. The lowest BCUT2D eigenvalue weighted by molar-refractivity contribution is -0.148. The first kappa shape index (κ1) is 18.3. The first-order valence-electron chi connectivity index (χ1n) is 8.53. The number of carboxylic acid groups (broad SMARTS) is 1. The van der Waals surface area contributed by atoms with E-state index in [1.165, 1.54) is 4.90 Å². The highest BCUT2D eigenvalue weighted by molar-refractivity contribution is 7.80. The maximum Gasteiger partial charge on any atom is 0.326 e. The number of nitrogens with zero attached hydrogens (tertiary/aromatic N) is 1. The number of thiol groups is 1. The van der Waals surface area contributed by atoms with Gasteiger partial charge in [-0.3, -0.25) is 4.79 Å². The van der Waals surface area contributed by atoms with E-state index in [9.17, 15) is 14.7 Å². The van der Waals surface area contributed by atoms with Gasteiger partial charge in [-0.05, 0) is 29.0 Å². The average molecular weight is 371 g/mol. The summed E-state index contributed by atoms with van der Waals surface area (Å²) in [5, 5.41) is 9.38. The fraction of sp³-hybridized carbons (Fsp3) is 0.300. The molecule has 26 heavy (non-hydrogen) atoms. The van der Waals surface area contributed by atoms with Crippen molar-refractivity contribution in [1.82, 2.24) is 4.90 Å². The molecule has 136 valence electrons. The summed E-state index contributed by atoms with van der Waals surface area (Å²) in [6, 6.07) is 16.9. The summed E-state index contributed by atoms with van der Waals surface area (Å²) < 4.78 is 5.93. The van der Waals surface area contributed by atoms with Crippen LogP contribution in [0.1, 0.15) is 12.8 Å². The molecule has 2 atom stereocenters. The summed E-state index contributed by atoms with van der Waals surface area (Å²) in [5.74, 6) is -0.128. The van der Waals surface area contributed by atoms with Crippen molar-refractivity contribution >= 4 is 24.5 Å². The Balaban J connectivity index is 1.67. The Hall–Kier alpha value is -2.47. The normalized spacial score (nSPS) is 19.3. The molecule has 0 radical (unpaired) electrons. The van der Waals surface area contributed by atoms with Gasteiger partial charge in [-0.15, -0.1) is 0 Å². The largest absolute Gasteiger partial charge is 0.488 e. The third-order valence-electron chi connectivity index (χ3n) is 4.46. The van der Waals surface area contributed by atoms with Crippen LogP contribution in [-0.4, -0.2) is 46.3 Å². The predicted molar refractivity (Wildman–Crippen MR) is 103 cm³/mol. The Morgan fingerprint density at radius 3 is 2.35 bits per heavy atom. The summed E-state index contributed by atoms with van der Waals surface area (Å²) in [7, 11) is 0. The molecule has 1 heterocycles. The molecule has 5 nitrogen and oxygen atoms in total. The number of hydrogen-bond donors (Lipinski definition) is 2. The Labute approximate surface area is 158 Å². The van der Waals surface area contributed by atoms with Crippen molar-refractivity contribution in [2.24, 2.45) is 0 Å². The molecule has 1 amide bonds. The first-order chi connectivity index (χ1) is 12.6. The molecule has 0 spiro atoms. The van der Waals surface area contributed by atoms with Crippen LogP contribution in [0.3, 0.4) is 0 Å². The van der Waals surface area contributed by atoms with Crippen molar-refractivity contribution in [2.75, 3.05) is 12.3 Å². The van der Waals surface area contributed by atoms with Crippen LogP contribution in [0.4, 0.5) is 0 Å². The van der Waals surface area contributed by atoms with Crippen LogP contribution >= 0.6 is 12.6 Å². The monoisotopic (exact) mass is 371 g/mol. The maximum absolute atomic E-state index is 12.1. The van der Waals surface area contributed by atoms with Gasteiger partial charge in [0.05, 0.1) is 6.54 Å². The second-order valence-corrected chi connectivity index (χ2v) is 6.69. The number of carbonyl (C=O) groups excluding carboxylic acids is 1. The van der Waals surface area contributed by atoms with Gasteiger partial charge in [-0.2, -0.15) is 12.6 Å². The molecule has 0 saturated carbocycles. The molecule has 2 aromatic rings. The summed E-state index contributed by atoms with van der Waals surface area (Å²) >= 11 is 4.05. The molecule has 6 heteroatoms. The fourth-order valence-corrected chi connectivity index (χ4v) is 3.37. The Kier molecular flexibility index (Phi) is 5.83. The van der Waals surface area contributed by atoms with Crippen molar-refractivity contribution in [3.8, 4) is 16.9 Å². The van der Waals surface area contributed by atoms with Gasteiger partial charge in [0.25, 0.3) is 0 Å². The van der Waals surface area contributed by atoms with E-state index in [0.717, 1.165) is 11.1 Å². The predicted octanol–water partition coefficient (Wildman–Crippen LogP) is 3.11. The van der Waals surface area contributed by atoms with Gasteiger partial charge < -0.3 is 14.7 Å². The molecule has 1 fully saturated rings. The highest BCUT2D eigenvalue weighted by Gasteiger charge is 2.40. The number of ether oxygens (including phenoxy) is 1. The maximum atomic E-state index is 12.1. The quantitative estimate of drug-likeness (QED) is 0.766. The van der Waals surface area contributed by atoms with E-state index in [0.29, 0.717) is 11.5 Å². The average Bonchev–Trinajstić information content (AvgIpc) is 3.08. The van der Waals surface area contributed by atoms with E-state index in [1.54, 1.807) is 0 Å². The highest BCUT2D eigenvalue weighted by atomic mass is 32.1. The zero-order chi connectivity index (χ0) is 18.5. The Morgan fingerprint density at radius 1 is 1.08 bits per heavy atom. The fourth-order valence-electron chi connectivity index (χ4n) is 3.18. The lowest BCUT2D eigenvalue weighted by atomic mass is 10.1. The van der Waals surface area contributed by atoms with Crippen LogP contribution in [0.2, 0.25) is 0 Å². The third kappa shape index (κ3) is 4.19. The number of aliphatic carboxylic acids is 1. The van der Waals surface area contributed by atoms with Crippen molar-refractivity contribution < 1.29 is 19.4 Å². The molecule has 1 N–H and O–H groups in total. The molecule has 2 aromatic carbocycles. The molecule has 1 saturated heterocycles. The zero-order valence-electron chi connectivity index (χ0n) is 14.2. The molecule has 0 bridgehead atoms. The van der Waals surface area contributed by atoms with E-state index >= 15 is 0 Å². The molecule has 0 unspecified atom stereocenters. The van der Waals surface area contributed by atoms with Gasteiger partial charge in [0.2, 0.25) is 5.91 Å². The van der Waals surface area contributed by atoms with Crippen LogP contribution in [0.5, 0.6) is 5.75 Å². The third-order valence-corrected chi connectivity index (χ3v) is 4.68. The minimum Gasteiger partial charge on any atom is -0.488 e. The van der Waals surface area contributed by atoms with Crippen LogP contribution in [0.25, 0.3) is 11.1 Å². The van der Waals surface area contributed by atoms with E-state index in [1.807, 2.05) is 54.6 Å². The number of likely N-dealkylation sites (tertiary alicyclic amines) is 1. The smallest absolute Gasteiger partial charge is 0.326 e. The van der Waals surface area contributed by atoms with Crippen LogP contribution in [0, 0.1) is 0 Å². The number of hydrogen-bond acceptors (Lipinski definition) is 4. The number of benzene rings is 2. The molecule has 1 aliphatic rings.